The number of aromatic nitrogens is 1. The van der Waals surface area contributed by atoms with E-state index in [2.05, 4.69) is 10.3 Å². The molecule has 4 nitrogen and oxygen atoms in total. The van der Waals surface area contributed by atoms with Crippen LogP contribution in [0.5, 0.6) is 0 Å². The Hall–Kier alpha value is -1.72. The summed E-state index contributed by atoms with van der Waals surface area (Å²) < 4.78 is 0. The van der Waals surface area contributed by atoms with Gasteiger partial charge in [0.05, 0.1) is 12.1 Å². The summed E-state index contributed by atoms with van der Waals surface area (Å²) in [6.07, 6.45) is 0.868. The van der Waals surface area contributed by atoms with Crippen molar-refractivity contribution in [1.82, 2.24) is 10.3 Å². The first-order valence-corrected chi connectivity index (χ1v) is 7.05. The van der Waals surface area contributed by atoms with E-state index in [0.717, 1.165) is 16.3 Å². The lowest BCUT2D eigenvalue weighted by molar-refractivity contribution is -0.120. The van der Waals surface area contributed by atoms with E-state index in [0.29, 0.717) is 13.0 Å². The molecule has 0 saturated carbocycles. The molecule has 1 heterocycles. The van der Waals surface area contributed by atoms with Crippen LogP contribution in [0.25, 0.3) is 10.6 Å². The molecule has 2 N–H and O–H groups in total. The van der Waals surface area contributed by atoms with Gasteiger partial charge in [0.2, 0.25) is 5.91 Å². The maximum Gasteiger partial charge on any atom is 0.226 e. The predicted octanol–water partition coefficient (Wildman–Crippen LogP) is 1.85. The zero-order valence-corrected chi connectivity index (χ0v) is 11.3. The third-order valence-corrected chi connectivity index (χ3v) is 3.51. The number of aliphatic hydroxyl groups is 1. The molecule has 0 fully saturated rings. The molecule has 0 saturated heterocycles. The topological polar surface area (TPSA) is 62.2 Å². The lowest BCUT2D eigenvalue weighted by atomic mass is 10.2. The Balaban J connectivity index is 1.93. The summed E-state index contributed by atoms with van der Waals surface area (Å²) in [4.78, 5) is 16.1. The van der Waals surface area contributed by atoms with Crippen LogP contribution in [0.4, 0.5) is 0 Å². The Morgan fingerprint density at radius 3 is 2.84 bits per heavy atom. The van der Waals surface area contributed by atoms with E-state index in [9.17, 15) is 4.79 Å². The minimum absolute atomic E-state index is 0.0571. The smallest absolute Gasteiger partial charge is 0.226 e. The van der Waals surface area contributed by atoms with Crippen molar-refractivity contribution in [2.45, 2.75) is 12.8 Å². The van der Waals surface area contributed by atoms with Gasteiger partial charge >= 0.3 is 0 Å². The average molecular weight is 276 g/mol. The molecule has 0 aliphatic carbocycles. The molecule has 5 heteroatoms. The van der Waals surface area contributed by atoms with Crippen molar-refractivity contribution in [3.63, 3.8) is 0 Å². The molecule has 1 amide bonds. The normalized spacial score (nSPS) is 10.4. The number of rotatable bonds is 6. The van der Waals surface area contributed by atoms with Gasteiger partial charge in [0.25, 0.3) is 0 Å². The molecule has 0 radical (unpaired) electrons. The molecule has 0 atom stereocenters. The highest BCUT2D eigenvalue weighted by atomic mass is 32.1. The summed E-state index contributed by atoms with van der Waals surface area (Å²) in [5.41, 5.74) is 1.85. The number of nitrogens with one attached hydrogen (secondary N) is 1. The minimum Gasteiger partial charge on any atom is -0.396 e. The van der Waals surface area contributed by atoms with Crippen molar-refractivity contribution in [2.75, 3.05) is 13.2 Å². The molecule has 19 heavy (non-hydrogen) atoms. The van der Waals surface area contributed by atoms with Gasteiger partial charge in [-0.15, -0.1) is 11.3 Å². The number of carbonyl (C=O) groups excluding carboxylic acids is 1. The standard InChI is InChI=1S/C14H16N2O2S/c17-8-4-7-15-13(18)9-12-10-19-14(16-12)11-5-2-1-3-6-11/h1-3,5-6,10,17H,4,7-9H2,(H,15,18). The molecule has 2 aromatic rings. The number of amides is 1. The minimum atomic E-state index is -0.0571. The Morgan fingerprint density at radius 1 is 1.32 bits per heavy atom. The van der Waals surface area contributed by atoms with Crippen LogP contribution in [0, 0.1) is 0 Å². The molecule has 1 aromatic carbocycles. The maximum atomic E-state index is 11.6. The molecule has 100 valence electrons. The van der Waals surface area contributed by atoms with Crippen LogP contribution < -0.4 is 5.32 Å². The first-order chi connectivity index (χ1) is 9.29. The van der Waals surface area contributed by atoms with Crippen LogP contribution in [0.15, 0.2) is 35.7 Å². The molecule has 0 bridgehead atoms. The molecule has 0 aliphatic rings. The number of nitrogens with zero attached hydrogens (tertiary/aromatic N) is 1. The first kappa shape index (κ1) is 13.7. The van der Waals surface area contributed by atoms with Gasteiger partial charge in [0, 0.05) is 24.1 Å². The number of benzene rings is 1. The number of hydrogen-bond donors (Lipinski definition) is 2. The molecule has 0 unspecified atom stereocenters. The van der Waals surface area contributed by atoms with E-state index < -0.39 is 0 Å². The molecular formula is C14H16N2O2S. The van der Waals surface area contributed by atoms with E-state index in [1.807, 2.05) is 35.7 Å². The lowest BCUT2D eigenvalue weighted by Gasteiger charge is -2.01. The predicted molar refractivity (Wildman–Crippen MR) is 76.0 cm³/mol. The van der Waals surface area contributed by atoms with Crippen molar-refractivity contribution < 1.29 is 9.90 Å². The average Bonchev–Trinajstić information content (AvgIpc) is 2.88. The van der Waals surface area contributed by atoms with Crippen molar-refractivity contribution in [1.29, 1.82) is 0 Å². The second-order valence-corrected chi connectivity index (χ2v) is 4.97. The molecular weight excluding hydrogens is 260 g/mol. The van der Waals surface area contributed by atoms with Crippen LogP contribution in [0.1, 0.15) is 12.1 Å². The van der Waals surface area contributed by atoms with Gasteiger partial charge < -0.3 is 10.4 Å². The maximum absolute atomic E-state index is 11.6. The summed E-state index contributed by atoms with van der Waals surface area (Å²) in [5.74, 6) is -0.0571. The van der Waals surface area contributed by atoms with E-state index >= 15 is 0 Å². The fourth-order valence-electron chi connectivity index (χ4n) is 1.64. The van der Waals surface area contributed by atoms with Crippen LogP contribution in [-0.2, 0) is 11.2 Å². The number of carbonyl (C=O) groups is 1. The van der Waals surface area contributed by atoms with Crippen LogP contribution in [0.2, 0.25) is 0 Å². The highest BCUT2D eigenvalue weighted by Gasteiger charge is 2.08. The Bertz CT molecular complexity index is 525. The number of thiazole rings is 1. The van der Waals surface area contributed by atoms with Gasteiger partial charge in [-0.1, -0.05) is 30.3 Å². The zero-order valence-electron chi connectivity index (χ0n) is 10.5. The third-order valence-electron chi connectivity index (χ3n) is 2.57. The van der Waals surface area contributed by atoms with Gasteiger partial charge in [0.1, 0.15) is 5.01 Å². The molecule has 0 aliphatic heterocycles. The highest BCUT2D eigenvalue weighted by Crippen LogP contribution is 2.23. The van der Waals surface area contributed by atoms with E-state index in [1.54, 1.807) is 11.3 Å². The zero-order chi connectivity index (χ0) is 13.5. The summed E-state index contributed by atoms with van der Waals surface area (Å²) in [5, 5.41) is 14.2. The highest BCUT2D eigenvalue weighted by molar-refractivity contribution is 7.13. The summed E-state index contributed by atoms with van der Waals surface area (Å²) in [6, 6.07) is 9.91. The number of aliphatic hydroxyl groups excluding tert-OH is 1. The van der Waals surface area contributed by atoms with E-state index in [1.165, 1.54) is 0 Å². The summed E-state index contributed by atoms with van der Waals surface area (Å²) >= 11 is 1.54. The van der Waals surface area contributed by atoms with E-state index in [4.69, 9.17) is 5.11 Å². The van der Waals surface area contributed by atoms with Gasteiger partial charge in [-0.05, 0) is 6.42 Å². The van der Waals surface area contributed by atoms with Gasteiger partial charge in [-0.3, -0.25) is 4.79 Å². The Labute approximate surface area is 116 Å². The summed E-state index contributed by atoms with van der Waals surface area (Å²) in [7, 11) is 0. The van der Waals surface area contributed by atoms with Crippen molar-refractivity contribution >= 4 is 17.2 Å². The second-order valence-electron chi connectivity index (χ2n) is 4.11. The largest absolute Gasteiger partial charge is 0.396 e. The second kappa shape index (κ2) is 7.01. The SMILES string of the molecule is O=C(Cc1csc(-c2ccccc2)n1)NCCCO. The first-order valence-electron chi connectivity index (χ1n) is 6.17. The fraction of sp³-hybridized carbons (Fsp3) is 0.286. The van der Waals surface area contributed by atoms with Gasteiger partial charge in [-0.2, -0.15) is 0 Å². The van der Waals surface area contributed by atoms with Gasteiger partial charge in [0.15, 0.2) is 0 Å². The van der Waals surface area contributed by atoms with Crippen LogP contribution in [0.3, 0.4) is 0 Å². The van der Waals surface area contributed by atoms with Crippen molar-refractivity contribution in [3.8, 4) is 10.6 Å². The molecule has 1 aromatic heterocycles. The summed E-state index contributed by atoms with van der Waals surface area (Å²) in [6.45, 7) is 0.597. The molecule has 0 spiro atoms. The third kappa shape index (κ3) is 4.15. The Kier molecular flexibility index (Phi) is 5.06. The molecule has 2 rings (SSSR count). The lowest BCUT2D eigenvalue weighted by Crippen LogP contribution is -2.26. The number of hydrogen-bond acceptors (Lipinski definition) is 4. The van der Waals surface area contributed by atoms with Gasteiger partial charge in [-0.25, -0.2) is 4.98 Å². The monoisotopic (exact) mass is 276 g/mol. The Morgan fingerprint density at radius 2 is 2.11 bits per heavy atom. The van der Waals surface area contributed by atoms with Crippen LogP contribution in [-0.4, -0.2) is 29.1 Å². The quantitative estimate of drug-likeness (QED) is 0.792. The van der Waals surface area contributed by atoms with Crippen molar-refractivity contribution in [3.05, 3.63) is 41.4 Å². The van der Waals surface area contributed by atoms with E-state index in [-0.39, 0.29) is 18.9 Å². The van der Waals surface area contributed by atoms with Crippen LogP contribution >= 0.6 is 11.3 Å². The fourth-order valence-corrected chi connectivity index (χ4v) is 2.46. The van der Waals surface area contributed by atoms with Crippen molar-refractivity contribution in [2.24, 2.45) is 0 Å².